The molecule has 2 aromatic rings. The molecule has 0 spiro atoms. The molecule has 2 aromatic carbocycles. The molecular formula is C16H12ClF2NO. The van der Waals surface area contributed by atoms with Crippen LogP contribution in [0.2, 0.25) is 5.02 Å². The second-order valence-corrected chi connectivity index (χ2v) is 5.14. The minimum Gasteiger partial charge on any atom is -0.477 e. The predicted molar refractivity (Wildman–Crippen MR) is 77.7 cm³/mol. The Balaban J connectivity index is 1.98. The molecule has 21 heavy (non-hydrogen) atoms. The minimum atomic E-state index is -0.425. The maximum Gasteiger partial charge on any atom is 0.218 e. The number of hydrogen-bond donors (Lipinski definition) is 0. The van der Waals surface area contributed by atoms with Gasteiger partial charge in [-0.1, -0.05) is 29.8 Å². The second kappa shape index (κ2) is 5.82. The van der Waals surface area contributed by atoms with E-state index >= 15 is 0 Å². The first-order valence-corrected chi connectivity index (χ1v) is 6.93. The Kier molecular flexibility index (Phi) is 3.88. The third kappa shape index (κ3) is 2.90. The molecule has 0 saturated heterocycles. The summed E-state index contributed by atoms with van der Waals surface area (Å²) >= 11 is 6.01. The van der Waals surface area contributed by atoms with Gasteiger partial charge in [-0.3, -0.25) is 0 Å². The Morgan fingerprint density at radius 1 is 1.14 bits per heavy atom. The average Bonchev–Trinajstić information content (AvgIpc) is 2.48. The van der Waals surface area contributed by atoms with Crippen LogP contribution in [0.1, 0.15) is 23.6 Å². The van der Waals surface area contributed by atoms with Crippen molar-refractivity contribution in [3.05, 3.63) is 70.2 Å². The van der Waals surface area contributed by atoms with Crippen molar-refractivity contribution in [1.29, 1.82) is 0 Å². The van der Waals surface area contributed by atoms with E-state index < -0.39 is 5.82 Å². The summed E-state index contributed by atoms with van der Waals surface area (Å²) in [7, 11) is 0. The molecule has 0 saturated carbocycles. The molecule has 0 aromatic heterocycles. The van der Waals surface area contributed by atoms with Crippen molar-refractivity contribution in [2.45, 2.75) is 12.5 Å². The van der Waals surface area contributed by atoms with Crippen molar-refractivity contribution >= 4 is 17.5 Å². The maximum atomic E-state index is 13.9. The monoisotopic (exact) mass is 307 g/mol. The molecule has 1 aliphatic heterocycles. The lowest BCUT2D eigenvalue weighted by Crippen LogP contribution is -2.18. The van der Waals surface area contributed by atoms with Gasteiger partial charge in [0.2, 0.25) is 5.90 Å². The standard InChI is InChI=1S/C16H12ClF2NO/c17-13-9-10(18)5-6-11(13)16-20-15(7-8-21-16)12-3-1-2-4-14(12)19/h1-6,9,15H,7-8H2. The van der Waals surface area contributed by atoms with Crippen LogP contribution in [0, 0.1) is 11.6 Å². The molecule has 0 radical (unpaired) electrons. The van der Waals surface area contributed by atoms with E-state index in [0.717, 1.165) is 0 Å². The molecule has 108 valence electrons. The van der Waals surface area contributed by atoms with Gasteiger partial charge in [0.1, 0.15) is 11.6 Å². The van der Waals surface area contributed by atoms with Crippen LogP contribution < -0.4 is 0 Å². The van der Waals surface area contributed by atoms with Crippen molar-refractivity contribution in [2.75, 3.05) is 6.61 Å². The lowest BCUT2D eigenvalue weighted by Gasteiger charge is -2.22. The Labute approximate surface area is 126 Å². The molecule has 0 aliphatic carbocycles. The number of benzene rings is 2. The Bertz CT molecular complexity index is 702. The van der Waals surface area contributed by atoms with E-state index in [0.29, 0.717) is 30.1 Å². The summed E-state index contributed by atoms with van der Waals surface area (Å²) in [5.41, 5.74) is 1.04. The Hall–Kier alpha value is -1.94. The first-order valence-electron chi connectivity index (χ1n) is 6.55. The molecule has 2 nitrogen and oxygen atoms in total. The summed E-state index contributed by atoms with van der Waals surface area (Å²) in [5, 5.41) is 0.225. The van der Waals surface area contributed by atoms with Gasteiger partial charge in [-0.25, -0.2) is 13.8 Å². The molecule has 0 N–H and O–H groups in total. The van der Waals surface area contributed by atoms with Crippen LogP contribution in [0.5, 0.6) is 0 Å². The first-order chi connectivity index (χ1) is 10.1. The number of rotatable bonds is 2. The largest absolute Gasteiger partial charge is 0.477 e. The van der Waals surface area contributed by atoms with Crippen LogP contribution in [0.4, 0.5) is 8.78 Å². The average molecular weight is 308 g/mol. The maximum absolute atomic E-state index is 13.9. The third-order valence-electron chi connectivity index (χ3n) is 3.33. The van der Waals surface area contributed by atoms with E-state index in [9.17, 15) is 8.78 Å². The molecule has 1 aliphatic rings. The predicted octanol–water partition coefficient (Wildman–Crippen LogP) is 4.53. The fraction of sp³-hybridized carbons (Fsp3) is 0.188. The van der Waals surface area contributed by atoms with E-state index in [-0.39, 0.29) is 16.9 Å². The van der Waals surface area contributed by atoms with Gasteiger partial charge < -0.3 is 4.74 Å². The van der Waals surface area contributed by atoms with E-state index in [1.165, 1.54) is 24.3 Å². The second-order valence-electron chi connectivity index (χ2n) is 4.73. The van der Waals surface area contributed by atoms with Gasteiger partial charge in [-0.05, 0) is 24.3 Å². The Morgan fingerprint density at radius 2 is 1.95 bits per heavy atom. The first kappa shape index (κ1) is 14.0. The van der Waals surface area contributed by atoms with Crippen LogP contribution in [-0.2, 0) is 4.74 Å². The van der Waals surface area contributed by atoms with Gasteiger partial charge in [0.05, 0.1) is 23.2 Å². The van der Waals surface area contributed by atoms with E-state index in [2.05, 4.69) is 4.99 Å². The number of nitrogens with zero attached hydrogens (tertiary/aromatic N) is 1. The Morgan fingerprint density at radius 3 is 2.71 bits per heavy atom. The summed E-state index contributed by atoms with van der Waals surface area (Å²) in [5.74, 6) is -0.400. The van der Waals surface area contributed by atoms with Gasteiger partial charge in [0, 0.05) is 12.0 Å². The van der Waals surface area contributed by atoms with Gasteiger partial charge in [-0.15, -0.1) is 0 Å². The minimum absolute atomic E-state index is 0.225. The van der Waals surface area contributed by atoms with Gasteiger partial charge in [0.15, 0.2) is 0 Å². The van der Waals surface area contributed by atoms with Crippen LogP contribution in [0.3, 0.4) is 0 Å². The zero-order valence-electron chi connectivity index (χ0n) is 11.0. The third-order valence-corrected chi connectivity index (χ3v) is 3.64. The molecular weight excluding hydrogens is 296 g/mol. The van der Waals surface area contributed by atoms with Gasteiger partial charge in [0.25, 0.3) is 0 Å². The fourth-order valence-corrected chi connectivity index (χ4v) is 2.54. The lowest BCUT2D eigenvalue weighted by molar-refractivity contribution is 0.260. The SMILES string of the molecule is Fc1ccc(C2=NC(c3ccccc3F)CCO2)c(Cl)c1. The lowest BCUT2D eigenvalue weighted by atomic mass is 10.0. The van der Waals surface area contributed by atoms with E-state index in [1.807, 2.05) is 0 Å². The molecule has 1 atom stereocenters. The number of hydrogen-bond acceptors (Lipinski definition) is 2. The van der Waals surface area contributed by atoms with Crippen LogP contribution in [0.15, 0.2) is 47.5 Å². The molecule has 0 fully saturated rings. The number of ether oxygens (including phenoxy) is 1. The highest BCUT2D eigenvalue weighted by Gasteiger charge is 2.22. The van der Waals surface area contributed by atoms with Gasteiger partial charge in [-0.2, -0.15) is 0 Å². The van der Waals surface area contributed by atoms with Crippen LogP contribution in [-0.4, -0.2) is 12.5 Å². The zero-order chi connectivity index (χ0) is 14.8. The smallest absolute Gasteiger partial charge is 0.218 e. The summed E-state index contributed by atoms with van der Waals surface area (Å²) in [4.78, 5) is 4.42. The van der Waals surface area contributed by atoms with Crippen molar-refractivity contribution < 1.29 is 13.5 Å². The zero-order valence-corrected chi connectivity index (χ0v) is 11.8. The van der Waals surface area contributed by atoms with Gasteiger partial charge >= 0.3 is 0 Å². The molecule has 0 amide bonds. The van der Waals surface area contributed by atoms with Crippen LogP contribution >= 0.6 is 11.6 Å². The number of aliphatic imine (C=N–C) groups is 1. The highest BCUT2D eigenvalue weighted by atomic mass is 35.5. The van der Waals surface area contributed by atoms with Crippen molar-refractivity contribution in [3.8, 4) is 0 Å². The van der Waals surface area contributed by atoms with E-state index in [1.54, 1.807) is 18.2 Å². The highest BCUT2D eigenvalue weighted by Crippen LogP contribution is 2.29. The quantitative estimate of drug-likeness (QED) is 0.799. The van der Waals surface area contributed by atoms with Crippen molar-refractivity contribution in [3.63, 3.8) is 0 Å². The molecule has 1 heterocycles. The molecule has 3 rings (SSSR count). The van der Waals surface area contributed by atoms with Crippen LogP contribution in [0.25, 0.3) is 0 Å². The summed E-state index contributed by atoms with van der Waals surface area (Å²) in [6, 6.07) is 10.2. The van der Waals surface area contributed by atoms with Crippen molar-refractivity contribution in [1.82, 2.24) is 0 Å². The number of halogens is 3. The van der Waals surface area contributed by atoms with E-state index in [4.69, 9.17) is 16.3 Å². The topological polar surface area (TPSA) is 21.6 Å². The summed E-state index contributed by atoms with van der Waals surface area (Å²) in [6.07, 6.45) is 0.587. The molecule has 5 heteroatoms. The molecule has 0 bridgehead atoms. The fourth-order valence-electron chi connectivity index (χ4n) is 2.29. The van der Waals surface area contributed by atoms with Crippen molar-refractivity contribution in [2.24, 2.45) is 4.99 Å². The summed E-state index contributed by atoms with van der Waals surface area (Å²) in [6.45, 7) is 0.408. The highest BCUT2D eigenvalue weighted by molar-refractivity contribution is 6.33. The molecule has 1 unspecified atom stereocenters. The summed E-state index contributed by atoms with van der Waals surface area (Å²) < 4.78 is 32.4. The normalized spacial score (nSPS) is 18.0.